The minimum Gasteiger partial charge on any atom is -0.383 e. The van der Waals surface area contributed by atoms with E-state index in [1.165, 1.54) is 0 Å². The van der Waals surface area contributed by atoms with Crippen LogP contribution in [0.15, 0.2) is 34.8 Å². The maximum Gasteiger partial charge on any atom is 0.137 e. The predicted octanol–water partition coefficient (Wildman–Crippen LogP) is 4.09. The van der Waals surface area contributed by atoms with Gasteiger partial charge in [0.25, 0.3) is 0 Å². The van der Waals surface area contributed by atoms with Gasteiger partial charge in [0.05, 0.1) is 4.47 Å². The number of hydrogen-bond donors (Lipinski definition) is 1. The average Bonchev–Trinajstić information content (AvgIpc) is 2.33. The molecular weight excluding hydrogens is 328 g/mol. The molecule has 100 valence electrons. The Morgan fingerprint density at radius 3 is 2.11 bits per heavy atom. The van der Waals surface area contributed by atoms with Crippen LogP contribution in [0, 0.1) is 23.3 Å². The second kappa shape index (κ2) is 5.30. The first-order valence-corrected chi connectivity index (χ1v) is 5.97. The average molecular weight is 335 g/mol. The highest BCUT2D eigenvalue weighted by molar-refractivity contribution is 9.10. The van der Waals surface area contributed by atoms with Gasteiger partial charge in [-0.1, -0.05) is 6.07 Å². The zero-order valence-electron chi connectivity index (χ0n) is 9.30. The molecule has 19 heavy (non-hydrogen) atoms. The third kappa shape index (κ3) is 2.79. The first-order valence-electron chi connectivity index (χ1n) is 5.17. The highest BCUT2D eigenvalue weighted by atomic mass is 79.9. The molecular formula is C13H7BrF4O. The van der Waals surface area contributed by atoms with Gasteiger partial charge in [0.2, 0.25) is 0 Å². The van der Waals surface area contributed by atoms with E-state index in [1.54, 1.807) is 0 Å². The van der Waals surface area contributed by atoms with Crippen molar-refractivity contribution in [1.82, 2.24) is 0 Å². The molecule has 0 aromatic heterocycles. The normalized spacial score (nSPS) is 12.5. The number of hydrogen-bond acceptors (Lipinski definition) is 1. The number of rotatable bonds is 2. The van der Waals surface area contributed by atoms with Crippen molar-refractivity contribution in [3.63, 3.8) is 0 Å². The van der Waals surface area contributed by atoms with E-state index in [1.807, 2.05) is 0 Å². The monoisotopic (exact) mass is 334 g/mol. The number of benzene rings is 2. The van der Waals surface area contributed by atoms with Gasteiger partial charge >= 0.3 is 0 Å². The largest absolute Gasteiger partial charge is 0.383 e. The van der Waals surface area contributed by atoms with Crippen molar-refractivity contribution in [3.05, 3.63) is 69.2 Å². The fourth-order valence-electron chi connectivity index (χ4n) is 1.64. The summed E-state index contributed by atoms with van der Waals surface area (Å²) in [5.74, 6) is -3.55. The second-order valence-electron chi connectivity index (χ2n) is 3.86. The molecule has 0 spiro atoms. The van der Waals surface area contributed by atoms with Crippen molar-refractivity contribution in [2.75, 3.05) is 0 Å². The Bertz CT molecular complexity index is 630. The van der Waals surface area contributed by atoms with Gasteiger partial charge in [-0.15, -0.1) is 0 Å². The summed E-state index contributed by atoms with van der Waals surface area (Å²) in [4.78, 5) is 0. The minimum absolute atomic E-state index is 0.111. The van der Waals surface area contributed by atoms with Crippen LogP contribution in [0.3, 0.4) is 0 Å². The fourth-order valence-corrected chi connectivity index (χ4v) is 1.95. The smallest absolute Gasteiger partial charge is 0.137 e. The molecule has 0 radical (unpaired) electrons. The molecule has 1 unspecified atom stereocenters. The molecule has 0 amide bonds. The van der Waals surface area contributed by atoms with Crippen LogP contribution in [0.2, 0.25) is 0 Å². The molecule has 0 saturated heterocycles. The van der Waals surface area contributed by atoms with E-state index < -0.39 is 34.9 Å². The Kier molecular flexibility index (Phi) is 3.91. The Balaban J connectivity index is 2.49. The van der Waals surface area contributed by atoms with Crippen LogP contribution in [-0.4, -0.2) is 5.11 Å². The first-order chi connectivity index (χ1) is 8.90. The van der Waals surface area contributed by atoms with Crippen LogP contribution < -0.4 is 0 Å². The van der Waals surface area contributed by atoms with E-state index in [0.717, 1.165) is 24.3 Å². The molecule has 6 heteroatoms. The third-order valence-electron chi connectivity index (χ3n) is 2.59. The molecule has 0 bridgehead atoms. The molecule has 0 aliphatic carbocycles. The summed E-state index contributed by atoms with van der Waals surface area (Å²) in [7, 11) is 0. The molecule has 2 aromatic rings. The molecule has 0 saturated carbocycles. The lowest BCUT2D eigenvalue weighted by Gasteiger charge is -2.14. The van der Waals surface area contributed by atoms with Gasteiger partial charge in [0.15, 0.2) is 0 Å². The summed E-state index contributed by atoms with van der Waals surface area (Å²) in [5.41, 5.74) is -0.756. The van der Waals surface area contributed by atoms with E-state index in [2.05, 4.69) is 15.9 Å². The molecule has 0 fully saturated rings. The van der Waals surface area contributed by atoms with Crippen LogP contribution >= 0.6 is 15.9 Å². The summed E-state index contributed by atoms with van der Waals surface area (Å²) >= 11 is 2.79. The van der Waals surface area contributed by atoms with Crippen molar-refractivity contribution in [1.29, 1.82) is 0 Å². The number of aliphatic hydroxyl groups excluding tert-OH is 1. The summed E-state index contributed by atoms with van der Waals surface area (Å²) < 4.78 is 53.1. The molecule has 1 atom stereocenters. The van der Waals surface area contributed by atoms with Gasteiger partial charge in [-0.3, -0.25) is 0 Å². The minimum atomic E-state index is -1.72. The van der Waals surface area contributed by atoms with Crippen LogP contribution in [0.5, 0.6) is 0 Å². The Hall–Kier alpha value is -1.40. The lowest BCUT2D eigenvalue weighted by Crippen LogP contribution is -2.06. The van der Waals surface area contributed by atoms with E-state index >= 15 is 0 Å². The quantitative estimate of drug-likeness (QED) is 0.648. The predicted molar refractivity (Wildman–Crippen MR) is 64.5 cm³/mol. The summed E-state index contributed by atoms with van der Waals surface area (Å²) in [6.07, 6.45) is -1.72. The maximum atomic E-state index is 13.6. The molecule has 2 rings (SSSR count). The Morgan fingerprint density at radius 2 is 1.47 bits per heavy atom. The molecule has 1 nitrogen and oxygen atoms in total. The molecule has 0 aliphatic rings. The van der Waals surface area contributed by atoms with Crippen molar-refractivity contribution < 1.29 is 22.7 Å². The molecule has 0 aliphatic heterocycles. The zero-order valence-corrected chi connectivity index (χ0v) is 10.9. The lowest BCUT2D eigenvalue weighted by atomic mass is 10.0. The molecule has 0 heterocycles. The van der Waals surface area contributed by atoms with Crippen LogP contribution in [-0.2, 0) is 0 Å². The van der Waals surface area contributed by atoms with Gasteiger partial charge < -0.3 is 5.11 Å². The first kappa shape index (κ1) is 14.0. The number of halogens is 5. The lowest BCUT2D eigenvalue weighted by molar-refractivity contribution is 0.209. The van der Waals surface area contributed by atoms with Crippen LogP contribution in [0.4, 0.5) is 17.6 Å². The van der Waals surface area contributed by atoms with Gasteiger partial charge in [0, 0.05) is 17.2 Å². The van der Waals surface area contributed by atoms with Gasteiger partial charge in [-0.2, -0.15) is 0 Å². The van der Waals surface area contributed by atoms with Gasteiger partial charge in [-0.25, -0.2) is 17.6 Å². The van der Waals surface area contributed by atoms with Crippen LogP contribution in [0.25, 0.3) is 0 Å². The van der Waals surface area contributed by atoms with E-state index in [-0.39, 0.29) is 10.0 Å². The Morgan fingerprint density at radius 1 is 0.842 bits per heavy atom. The highest BCUT2D eigenvalue weighted by Crippen LogP contribution is 2.29. The molecule has 2 aromatic carbocycles. The van der Waals surface area contributed by atoms with Crippen molar-refractivity contribution in [2.24, 2.45) is 0 Å². The summed E-state index contributed by atoms with van der Waals surface area (Å²) in [6.45, 7) is 0. The van der Waals surface area contributed by atoms with Crippen molar-refractivity contribution >= 4 is 15.9 Å². The third-order valence-corrected chi connectivity index (χ3v) is 3.20. The van der Waals surface area contributed by atoms with E-state index in [4.69, 9.17) is 0 Å². The summed E-state index contributed by atoms with van der Waals surface area (Å²) in [5, 5.41) is 9.88. The SMILES string of the molecule is OC(c1ccc(F)cc1F)c1cc(F)c(Br)cc1F. The van der Waals surface area contributed by atoms with Crippen LogP contribution in [0.1, 0.15) is 17.2 Å². The van der Waals surface area contributed by atoms with E-state index in [0.29, 0.717) is 6.07 Å². The zero-order chi connectivity index (χ0) is 14.2. The Labute approximate surface area is 114 Å². The van der Waals surface area contributed by atoms with E-state index in [9.17, 15) is 22.7 Å². The highest BCUT2D eigenvalue weighted by Gasteiger charge is 2.20. The molecule has 1 N–H and O–H groups in total. The topological polar surface area (TPSA) is 20.2 Å². The standard InChI is InChI=1S/C13H7BrF4O/c14-9-5-11(17)8(4-12(9)18)13(19)7-2-1-6(15)3-10(7)16/h1-5,13,19H. The van der Waals surface area contributed by atoms with Crippen molar-refractivity contribution in [3.8, 4) is 0 Å². The summed E-state index contributed by atoms with van der Waals surface area (Å²) in [6, 6.07) is 4.05. The van der Waals surface area contributed by atoms with Crippen molar-refractivity contribution in [2.45, 2.75) is 6.10 Å². The maximum absolute atomic E-state index is 13.6. The van der Waals surface area contributed by atoms with Gasteiger partial charge in [0.1, 0.15) is 29.4 Å². The second-order valence-corrected chi connectivity index (χ2v) is 4.71. The fraction of sp³-hybridized carbons (Fsp3) is 0.0769. The van der Waals surface area contributed by atoms with Gasteiger partial charge in [-0.05, 0) is 34.1 Å². The number of aliphatic hydroxyl groups is 1.